The minimum atomic E-state index is -0.240. The Kier molecular flexibility index (Phi) is 5.60. The maximum absolute atomic E-state index is 11.4. The lowest BCUT2D eigenvalue weighted by Gasteiger charge is -2.44. The molecular weight excluding hydrogens is 242 g/mol. The van der Waals surface area contributed by atoms with Gasteiger partial charge in [-0.1, -0.05) is 19.8 Å². The Bertz CT molecular complexity index is 296. The van der Waals surface area contributed by atoms with E-state index in [1.54, 1.807) is 0 Å². The predicted molar refractivity (Wildman–Crippen MR) is 74.8 cm³/mol. The number of nitrogens with one attached hydrogen (secondary N) is 1. The lowest BCUT2D eigenvalue weighted by Crippen LogP contribution is -2.54. The Morgan fingerprint density at radius 3 is 3.00 bits per heavy atom. The van der Waals surface area contributed by atoms with Crippen LogP contribution in [-0.2, 0) is 9.53 Å². The van der Waals surface area contributed by atoms with E-state index in [0.717, 1.165) is 32.7 Å². The first-order valence-corrected chi connectivity index (χ1v) is 7.60. The summed E-state index contributed by atoms with van der Waals surface area (Å²) >= 11 is 0. The van der Waals surface area contributed by atoms with E-state index >= 15 is 0 Å². The maximum Gasteiger partial charge on any atom is 0.234 e. The number of rotatable bonds is 6. The second-order valence-electron chi connectivity index (χ2n) is 5.60. The monoisotopic (exact) mass is 269 g/mol. The molecule has 1 heterocycles. The van der Waals surface area contributed by atoms with Crippen molar-refractivity contribution in [3.63, 3.8) is 0 Å². The maximum atomic E-state index is 11.4. The van der Waals surface area contributed by atoms with Crippen LogP contribution in [0.3, 0.4) is 0 Å². The molecular formula is C14H27N3O2. The molecule has 0 radical (unpaired) electrons. The molecule has 0 aromatic heterocycles. The van der Waals surface area contributed by atoms with E-state index in [9.17, 15) is 4.79 Å². The summed E-state index contributed by atoms with van der Waals surface area (Å²) in [6.45, 7) is 5.53. The summed E-state index contributed by atoms with van der Waals surface area (Å²) in [7, 11) is 0. The molecule has 2 fully saturated rings. The molecule has 0 spiro atoms. The second kappa shape index (κ2) is 7.22. The van der Waals surface area contributed by atoms with Crippen LogP contribution in [0.15, 0.2) is 0 Å². The van der Waals surface area contributed by atoms with Crippen molar-refractivity contribution in [2.24, 2.45) is 5.73 Å². The molecule has 0 aromatic rings. The molecule has 2 aliphatic rings. The molecule has 2 rings (SSSR count). The lowest BCUT2D eigenvalue weighted by molar-refractivity contribution is -0.120. The molecule has 1 aliphatic carbocycles. The standard InChI is InChI=1S/C14H27N3O2/c1-2-16-11(14(15)18)7-8-17-9-10-19-13-6-4-3-5-12(13)17/h11-13,16H,2-10H2,1H3,(H2,15,18). The molecule has 110 valence electrons. The summed E-state index contributed by atoms with van der Waals surface area (Å²) in [4.78, 5) is 13.9. The number of amides is 1. The van der Waals surface area contributed by atoms with Crippen LogP contribution in [-0.4, -0.2) is 55.2 Å². The second-order valence-corrected chi connectivity index (χ2v) is 5.60. The third kappa shape index (κ3) is 3.91. The first-order valence-electron chi connectivity index (χ1n) is 7.60. The highest BCUT2D eigenvalue weighted by molar-refractivity contribution is 5.79. The van der Waals surface area contributed by atoms with Crippen molar-refractivity contribution in [2.75, 3.05) is 26.2 Å². The zero-order valence-corrected chi connectivity index (χ0v) is 11.9. The average molecular weight is 269 g/mol. The Balaban J connectivity index is 1.84. The number of nitrogens with two attached hydrogens (primary N) is 1. The van der Waals surface area contributed by atoms with Crippen LogP contribution in [0.4, 0.5) is 0 Å². The van der Waals surface area contributed by atoms with Crippen molar-refractivity contribution in [3.8, 4) is 0 Å². The number of carbonyl (C=O) groups excluding carboxylic acids is 1. The van der Waals surface area contributed by atoms with Gasteiger partial charge in [0.05, 0.1) is 18.8 Å². The Labute approximate surface area is 115 Å². The Morgan fingerprint density at radius 2 is 2.26 bits per heavy atom. The van der Waals surface area contributed by atoms with Gasteiger partial charge in [0, 0.05) is 19.1 Å². The van der Waals surface area contributed by atoms with Crippen LogP contribution in [0, 0.1) is 0 Å². The normalized spacial score (nSPS) is 29.7. The SMILES string of the molecule is CCNC(CCN1CCOC2CCCCC21)C(N)=O. The molecule has 19 heavy (non-hydrogen) atoms. The number of hydrogen-bond donors (Lipinski definition) is 2. The topological polar surface area (TPSA) is 67.6 Å². The number of nitrogens with zero attached hydrogens (tertiary/aromatic N) is 1. The van der Waals surface area contributed by atoms with Gasteiger partial charge < -0.3 is 15.8 Å². The van der Waals surface area contributed by atoms with Gasteiger partial charge in [-0.15, -0.1) is 0 Å². The van der Waals surface area contributed by atoms with Gasteiger partial charge >= 0.3 is 0 Å². The summed E-state index contributed by atoms with van der Waals surface area (Å²) < 4.78 is 5.86. The van der Waals surface area contributed by atoms with Crippen molar-refractivity contribution in [3.05, 3.63) is 0 Å². The largest absolute Gasteiger partial charge is 0.375 e. The van der Waals surface area contributed by atoms with Gasteiger partial charge in [0.15, 0.2) is 0 Å². The number of ether oxygens (including phenoxy) is 1. The fourth-order valence-corrected chi connectivity index (χ4v) is 3.34. The Morgan fingerprint density at radius 1 is 1.47 bits per heavy atom. The number of likely N-dealkylation sites (N-methyl/N-ethyl adjacent to an activating group) is 1. The molecule has 1 saturated carbocycles. The molecule has 3 atom stereocenters. The minimum Gasteiger partial charge on any atom is -0.375 e. The fourth-order valence-electron chi connectivity index (χ4n) is 3.34. The van der Waals surface area contributed by atoms with Gasteiger partial charge in [-0.3, -0.25) is 9.69 Å². The quantitative estimate of drug-likeness (QED) is 0.736. The highest BCUT2D eigenvalue weighted by atomic mass is 16.5. The van der Waals surface area contributed by atoms with Crippen LogP contribution in [0.25, 0.3) is 0 Å². The molecule has 0 bridgehead atoms. The highest BCUT2D eigenvalue weighted by Crippen LogP contribution is 2.28. The van der Waals surface area contributed by atoms with E-state index in [-0.39, 0.29) is 11.9 Å². The van der Waals surface area contributed by atoms with E-state index in [1.807, 2.05) is 6.92 Å². The van der Waals surface area contributed by atoms with Crippen molar-refractivity contribution >= 4 is 5.91 Å². The van der Waals surface area contributed by atoms with E-state index in [2.05, 4.69) is 10.2 Å². The average Bonchev–Trinajstić information content (AvgIpc) is 2.43. The minimum absolute atomic E-state index is 0.199. The third-order valence-electron chi connectivity index (χ3n) is 4.35. The van der Waals surface area contributed by atoms with Crippen molar-refractivity contribution < 1.29 is 9.53 Å². The fraction of sp³-hybridized carbons (Fsp3) is 0.929. The summed E-state index contributed by atoms with van der Waals surface area (Å²) in [6.07, 6.45) is 6.21. The van der Waals surface area contributed by atoms with Crippen LogP contribution in [0.2, 0.25) is 0 Å². The summed E-state index contributed by atoms with van der Waals surface area (Å²) in [5.41, 5.74) is 5.43. The van der Waals surface area contributed by atoms with E-state index in [4.69, 9.17) is 10.5 Å². The number of hydrogen-bond acceptors (Lipinski definition) is 4. The summed E-state index contributed by atoms with van der Waals surface area (Å²) in [5.74, 6) is -0.240. The molecule has 1 aliphatic heterocycles. The first-order chi connectivity index (χ1) is 9.22. The number of carbonyl (C=O) groups is 1. The van der Waals surface area contributed by atoms with Crippen LogP contribution in [0.5, 0.6) is 0 Å². The van der Waals surface area contributed by atoms with E-state index < -0.39 is 0 Å². The summed E-state index contributed by atoms with van der Waals surface area (Å²) in [6, 6.07) is 0.354. The van der Waals surface area contributed by atoms with Gasteiger partial charge in [-0.2, -0.15) is 0 Å². The zero-order valence-electron chi connectivity index (χ0n) is 11.9. The summed E-state index contributed by atoms with van der Waals surface area (Å²) in [5, 5.41) is 3.16. The van der Waals surface area contributed by atoms with Gasteiger partial charge in [0.1, 0.15) is 0 Å². The predicted octanol–water partition coefficient (Wildman–Crippen LogP) is 0.483. The zero-order chi connectivity index (χ0) is 13.7. The van der Waals surface area contributed by atoms with Gasteiger partial charge in [-0.25, -0.2) is 0 Å². The van der Waals surface area contributed by atoms with Crippen LogP contribution < -0.4 is 11.1 Å². The number of primary amides is 1. The number of morpholine rings is 1. The van der Waals surface area contributed by atoms with Crippen LogP contribution in [0.1, 0.15) is 39.0 Å². The van der Waals surface area contributed by atoms with Crippen molar-refractivity contribution in [2.45, 2.75) is 57.2 Å². The lowest BCUT2D eigenvalue weighted by atomic mass is 9.90. The van der Waals surface area contributed by atoms with Gasteiger partial charge in [0.25, 0.3) is 0 Å². The highest BCUT2D eigenvalue weighted by Gasteiger charge is 2.34. The molecule has 5 heteroatoms. The van der Waals surface area contributed by atoms with Crippen molar-refractivity contribution in [1.29, 1.82) is 0 Å². The van der Waals surface area contributed by atoms with Crippen LogP contribution >= 0.6 is 0 Å². The van der Waals surface area contributed by atoms with E-state index in [0.29, 0.717) is 12.1 Å². The first kappa shape index (κ1) is 14.8. The molecule has 0 aromatic carbocycles. The molecule has 1 amide bonds. The molecule has 3 unspecified atom stereocenters. The van der Waals surface area contributed by atoms with Gasteiger partial charge in [0.2, 0.25) is 5.91 Å². The Hall–Kier alpha value is -0.650. The number of fused-ring (bicyclic) bond motifs is 1. The third-order valence-corrected chi connectivity index (χ3v) is 4.35. The van der Waals surface area contributed by atoms with E-state index in [1.165, 1.54) is 25.7 Å². The van der Waals surface area contributed by atoms with Crippen molar-refractivity contribution in [1.82, 2.24) is 10.2 Å². The molecule has 1 saturated heterocycles. The molecule has 3 N–H and O–H groups in total. The molecule has 5 nitrogen and oxygen atoms in total. The smallest absolute Gasteiger partial charge is 0.234 e. The van der Waals surface area contributed by atoms with Gasteiger partial charge in [-0.05, 0) is 25.8 Å².